The van der Waals surface area contributed by atoms with Crippen LogP contribution in [-0.2, 0) is 5.41 Å². The highest BCUT2D eigenvalue weighted by atomic mass is 15.2. The SMILES string of the molecule is CC(C)(C)c1ccc(N=Nc2cnc(N)cn2)cc1. The fourth-order valence-corrected chi connectivity index (χ4v) is 1.52. The zero-order valence-corrected chi connectivity index (χ0v) is 11.3. The molecule has 1 aromatic carbocycles. The van der Waals surface area contributed by atoms with Crippen molar-refractivity contribution in [1.29, 1.82) is 0 Å². The normalized spacial score (nSPS) is 11.9. The Morgan fingerprint density at radius 3 is 2.16 bits per heavy atom. The smallest absolute Gasteiger partial charge is 0.193 e. The van der Waals surface area contributed by atoms with Crippen LogP contribution in [0.4, 0.5) is 17.3 Å². The topological polar surface area (TPSA) is 76.5 Å². The Morgan fingerprint density at radius 1 is 0.947 bits per heavy atom. The third-order valence-corrected chi connectivity index (χ3v) is 2.66. The number of aromatic nitrogens is 2. The summed E-state index contributed by atoms with van der Waals surface area (Å²) in [5.74, 6) is 0.808. The molecule has 0 aliphatic rings. The van der Waals surface area contributed by atoms with Crippen LogP contribution >= 0.6 is 0 Å². The minimum atomic E-state index is 0.137. The van der Waals surface area contributed by atoms with E-state index < -0.39 is 0 Å². The first kappa shape index (κ1) is 13.1. The van der Waals surface area contributed by atoms with Gasteiger partial charge in [0.25, 0.3) is 0 Å². The number of nitrogens with zero attached hydrogens (tertiary/aromatic N) is 4. The summed E-state index contributed by atoms with van der Waals surface area (Å²) in [6.45, 7) is 6.52. The van der Waals surface area contributed by atoms with E-state index in [1.54, 1.807) is 0 Å². The fraction of sp³-hybridized carbons (Fsp3) is 0.286. The third-order valence-electron chi connectivity index (χ3n) is 2.66. The lowest BCUT2D eigenvalue weighted by molar-refractivity contribution is 0.590. The molecule has 1 aromatic heterocycles. The Labute approximate surface area is 112 Å². The molecule has 98 valence electrons. The van der Waals surface area contributed by atoms with Crippen LogP contribution < -0.4 is 5.73 Å². The summed E-state index contributed by atoms with van der Waals surface area (Å²) in [5, 5.41) is 8.12. The molecular formula is C14H17N5. The molecule has 2 N–H and O–H groups in total. The first-order valence-corrected chi connectivity index (χ1v) is 6.05. The molecule has 0 radical (unpaired) electrons. The highest BCUT2D eigenvalue weighted by Crippen LogP contribution is 2.25. The monoisotopic (exact) mass is 255 g/mol. The average Bonchev–Trinajstić information content (AvgIpc) is 2.37. The molecule has 19 heavy (non-hydrogen) atoms. The largest absolute Gasteiger partial charge is 0.382 e. The Balaban J connectivity index is 2.13. The summed E-state index contributed by atoms with van der Waals surface area (Å²) >= 11 is 0. The Hall–Kier alpha value is -2.30. The van der Waals surface area contributed by atoms with E-state index in [0.29, 0.717) is 11.6 Å². The Morgan fingerprint density at radius 2 is 1.63 bits per heavy atom. The Kier molecular flexibility index (Phi) is 3.55. The summed E-state index contributed by atoms with van der Waals surface area (Å²) < 4.78 is 0. The zero-order valence-electron chi connectivity index (χ0n) is 11.3. The number of azo groups is 1. The van der Waals surface area contributed by atoms with Gasteiger partial charge >= 0.3 is 0 Å². The van der Waals surface area contributed by atoms with Crippen molar-refractivity contribution in [3.05, 3.63) is 42.2 Å². The molecule has 5 nitrogen and oxygen atoms in total. The van der Waals surface area contributed by atoms with Gasteiger partial charge in [0.1, 0.15) is 5.82 Å². The summed E-state index contributed by atoms with van der Waals surface area (Å²) in [6, 6.07) is 8.00. The molecule has 0 bridgehead atoms. The number of benzene rings is 1. The van der Waals surface area contributed by atoms with Crippen LogP contribution in [0.25, 0.3) is 0 Å². The van der Waals surface area contributed by atoms with Crippen LogP contribution in [0, 0.1) is 0 Å². The van der Waals surface area contributed by atoms with Crippen molar-refractivity contribution in [3.8, 4) is 0 Å². The summed E-state index contributed by atoms with van der Waals surface area (Å²) in [7, 11) is 0. The zero-order chi connectivity index (χ0) is 13.9. The van der Waals surface area contributed by atoms with Gasteiger partial charge in [-0.2, -0.15) is 0 Å². The van der Waals surface area contributed by atoms with Crippen molar-refractivity contribution in [2.75, 3.05) is 5.73 Å². The molecule has 0 fully saturated rings. The third kappa shape index (κ3) is 3.58. The van der Waals surface area contributed by atoms with Gasteiger partial charge in [0, 0.05) is 0 Å². The van der Waals surface area contributed by atoms with Crippen molar-refractivity contribution < 1.29 is 0 Å². The second-order valence-electron chi connectivity index (χ2n) is 5.30. The second-order valence-corrected chi connectivity index (χ2v) is 5.30. The number of hydrogen-bond acceptors (Lipinski definition) is 5. The molecule has 5 heteroatoms. The maximum atomic E-state index is 5.45. The molecule has 0 spiro atoms. The highest BCUT2D eigenvalue weighted by molar-refractivity contribution is 5.41. The van der Waals surface area contributed by atoms with Crippen LogP contribution in [0.15, 0.2) is 46.9 Å². The number of anilines is 1. The van der Waals surface area contributed by atoms with Crippen LogP contribution in [-0.4, -0.2) is 9.97 Å². The predicted octanol–water partition coefficient (Wildman–Crippen LogP) is 3.77. The number of nitrogens with two attached hydrogens (primary N) is 1. The Bertz CT molecular complexity index is 564. The lowest BCUT2D eigenvalue weighted by Gasteiger charge is -2.18. The predicted molar refractivity (Wildman–Crippen MR) is 75.8 cm³/mol. The van der Waals surface area contributed by atoms with Gasteiger partial charge in [-0.3, -0.25) is 0 Å². The highest BCUT2D eigenvalue weighted by Gasteiger charge is 2.12. The van der Waals surface area contributed by atoms with E-state index in [1.165, 1.54) is 18.0 Å². The van der Waals surface area contributed by atoms with E-state index in [-0.39, 0.29) is 5.41 Å². The number of hydrogen-bond donors (Lipinski definition) is 1. The summed E-state index contributed by atoms with van der Waals surface area (Å²) in [6.07, 6.45) is 2.94. The van der Waals surface area contributed by atoms with Gasteiger partial charge in [-0.25, -0.2) is 9.97 Å². The minimum absolute atomic E-state index is 0.137. The molecule has 0 saturated carbocycles. The van der Waals surface area contributed by atoms with Gasteiger partial charge < -0.3 is 5.73 Å². The molecule has 0 unspecified atom stereocenters. The molecule has 1 heterocycles. The first-order chi connectivity index (χ1) is 8.95. The van der Waals surface area contributed by atoms with E-state index in [4.69, 9.17) is 5.73 Å². The summed E-state index contributed by atoms with van der Waals surface area (Å²) in [4.78, 5) is 7.90. The van der Waals surface area contributed by atoms with E-state index in [1.807, 2.05) is 12.1 Å². The lowest BCUT2D eigenvalue weighted by atomic mass is 9.87. The number of rotatable bonds is 2. The molecule has 0 atom stereocenters. The first-order valence-electron chi connectivity index (χ1n) is 6.05. The molecule has 0 amide bonds. The van der Waals surface area contributed by atoms with Crippen LogP contribution in [0.3, 0.4) is 0 Å². The minimum Gasteiger partial charge on any atom is -0.382 e. The van der Waals surface area contributed by atoms with Crippen molar-refractivity contribution in [2.24, 2.45) is 10.2 Å². The van der Waals surface area contributed by atoms with Gasteiger partial charge in [0.05, 0.1) is 18.1 Å². The summed E-state index contributed by atoms with van der Waals surface area (Å²) in [5.41, 5.74) is 7.63. The van der Waals surface area contributed by atoms with E-state index in [2.05, 4.69) is 53.1 Å². The molecule has 0 aliphatic carbocycles. The van der Waals surface area contributed by atoms with Crippen LogP contribution in [0.1, 0.15) is 26.3 Å². The van der Waals surface area contributed by atoms with Crippen molar-refractivity contribution >= 4 is 17.3 Å². The van der Waals surface area contributed by atoms with Gasteiger partial charge in [-0.1, -0.05) is 32.9 Å². The van der Waals surface area contributed by atoms with Crippen molar-refractivity contribution in [2.45, 2.75) is 26.2 Å². The van der Waals surface area contributed by atoms with E-state index in [0.717, 1.165) is 5.69 Å². The van der Waals surface area contributed by atoms with E-state index >= 15 is 0 Å². The van der Waals surface area contributed by atoms with E-state index in [9.17, 15) is 0 Å². The van der Waals surface area contributed by atoms with Gasteiger partial charge in [0.15, 0.2) is 5.82 Å². The van der Waals surface area contributed by atoms with Gasteiger partial charge in [-0.05, 0) is 23.1 Å². The van der Waals surface area contributed by atoms with Crippen LogP contribution in [0.5, 0.6) is 0 Å². The molecule has 2 aromatic rings. The maximum absolute atomic E-state index is 5.45. The molecular weight excluding hydrogens is 238 g/mol. The average molecular weight is 255 g/mol. The van der Waals surface area contributed by atoms with Crippen molar-refractivity contribution in [3.63, 3.8) is 0 Å². The lowest BCUT2D eigenvalue weighted by Crippen LogP contribution is -2.10. The molecule has 0 saturated heterocycles. The molecule has 0 aliphatic heterocycles. The second kappa shape index (κ2) is 5.14. The van der Waals surface area contributed by atoms with Crippen molar-refractivity contribution in [1.82, 2.24) is 9.97 Å². The van der Waals surface area contributed by atoms with Gasteiger partial charge in [-0.15, -0.1) is 10.2 Å². The maximum Gasteiger partial charge on any atom is 0.193 e. The van der Waals surface area contributed by atoms with Crippen LogP contribution in [0.2, 0.25) is 0 Å². The van der Waals surface area contributed by atoms with Gasteiger partial charge in [0.2, 0.25) is 0 Å². The standard InChI is InChI=1S/C14H17N5/c1-14(2,3)10-4-6-11(7-5-10)18-19-13-9-16-12(15)8-17-13/h4-9H,1-3H3,(H2,15,16). The number of nitrogen functional groups attached to an aromatic ring is 1. The quantitative estimate of drug-likeness (QED) is 0.830. The fourth-order valence-electron chi connectivity index (χ4n) is 1.52. The molecule has 2 rings (SSSR count).